The van der Waals surface area contributed by atoms with Gasteiger partial charge in [0, 0.05) is 14.2 Å². The normalized spacial score (nSPS) is 35.6. The molecule has 236 valence electrons. The molecule has 0 saturated carbocycles. The third-order valence-corrected chi connectivity index (χ3v) is 6.24. The van der Waals surface area contributed by atoms with Crippen LogP contribution in [0, 0.1) is 0 Å². The second-order valence-corrected chi connectivity index (χ2v) is 11.9. The number of methoxy groups -OCH3 is 2. The lowest BCUT2D eigenvalue weighted by molar-refractivity contribution is -0.341. The summed E-state index contributed by atoms with van der Waals surface area (Å²) in [5.41, 5.74) is -1.53. The van der Waals surface area contributed by atoms with Crippen LogP contribution in [-0.2, 0) is 61.8 Å². The first-order chi connectivity index (χ1) is 19.0. The maximum Gasteiger partial charge on any atom is 0.335 e. The van der Waals surface area contributed by atoms with Gasteiger partial charge in [0.15, 0.2) is 18.7 Å². The fourth-order valence-corrected chi connectivity index (χ4v) is 4.75. The molecule has 3 aliphatic rings. The molecule has 0 aromatic carbocycles. The Kier molecular flexibility index (Phi) is 11.1. The van der Waals surface area contributed by atoms with Crippen LogP contribution in [0.15, 0.2) is 0 Å². The lowest BCUT2D eigenvalue weighted by atomic mass is 9.97. The molecule has 3 fully saturated rings. The first-order valence-electron chi connectivity index (χ1n) is 13.3. The molecule has 0 aromatic heterocycles. The summed E-state index contributed by atoms with van der Waals surface area (Å²) < 4.78 is 56.7. The summed E-state index contributed by atoms with van der Waals surface area (Å²) in [4.78, 5) is 36.8. The fourth-order valence-electron chi connectivity index (χ4n) is 4.75. The molecule has 0 radical (unpaired) electrons. The average molecular weight is 595 g/mol. The quantitative estimate of drug-likeness (QED) is 0.299. The number of fused-ring (bicyclic) bond motifs is 2. The topological polar surface area (TPSA) is 184 Å². The van der Waals surface area contributed by atoms with Gasteiger partial charge in [0.05, 0.1) is 6.61 Å². The number of esters is 2. The van der Waals surface area contributed by atoms with Crippen LogP contribution >= 0.6 is 0 Å². The van der Waals surface area contributed by atoms with E-state index in [1.54, 1.807) is 41.5 Å². The number of hydrogen-bond acceptors (Lipinski definition) is 14. The van der Waals surface area contributed by atoms with Gasteiger partial charge < -0.3 is 57.6 Å². The lowest BCUT2D eigenvalue weighted by Gasteiger charge is -2.46. The standard InChI is InChI=1S/C26H42O15/c1-25(2,3)40-13(27)10-34-19-16(38-24-20(33-8)17(32-7)15(29)18(39-24)22(30)31)12-9-36-23(37-12)21(19)35-11-14(28)41-26(4,5)6/h12,15-21,23-24,29H,9-11H2,1-8H3,(H,30,31)/t12-,15+,16-,17+,18+,19+,20-,21-,23-,24-/m1/s1. The van der Waals surface area contributed by atoms with E-state index in [1.807, 2.05) is 0 Å². The molecule has 3 rings (SSSR count). The zero-order chi connectivity index (χ0) is 30.7. The molecular weight excluding hydrogens is 552 g/mol. The number of ether oxygens (including phenoxy) is 10. The van der Waals surface area contributed by atoms with Crippen LogP contribution in [-0.4, -0.2) is 135 Å². The van der Waals surface area contributed by atoms with E-state index in [4.69, 9.17) is 47.4 Å². The van der Waals surface area contributed by atoms with Crippen LogP contribution in [0.1, 0.15) is 41.5 Å². The van der Waals surface area contributed by atoms with Crippen molar-refractivity contribution >= 4 is 17.9 Å². The van der Waals surface area contributed by atoms with Crippen molar-refractivity contribution in [3.8, 4) is 0 Å². The molecule has 2 bridgehead atoms. The van der Waals surface area contributed by atoms with Gasteiger partial charge in [0.2, 0.25) is 0 Å². The Morgan fingerprint density at radius 3 is 1.80 bits per heavy atom. The highest BCUT2D eigenvalue weighted by molar-refractivity contribution is 5.73. The number of carboxylic acid groups (broad SMARTS) is 1. The predicted octanol–water partition coefficient (Wildman–Crippen LogP) is -0.219. The van der Waals surface area contributed by atoms with Crippen LogP contribution in [0.2, 0.25) is 0 Å². The summed E-state index contributed by atoms with van der Waals surface area (Å²) in [5.74, 6) is -2.76. The molecule has 3 saturated heterocycles. The van der Waals surface area contributed by atoms with Crippen molar-refractivity contribution in [3.63, 3.8) is 0 Å². The second-order valence-electron chi connectivity index (χ2n) is 11.9. The van der Waals surface area contributed by atoms with E-state index in [2.05, 4.69) is 0 Å². The number of carbonyl (C=O) groups is 3. The van der Waals surface area contributed by atoms with Gasteiger partial charge in [0.25, 0.3) is 0 Å². The molecule has 15 heteroatoms. The van der Waals surface area contributed by atoms with Crippen molar-refractivity contribution in [1.82, 2.24) is 0 Å². The highest BCUT2D eigenvalue weighted by Gasteiger charge is 2.57. The summed E-state index contributed by atoms with van der Waals surface area (Å²) in [7, 11) is 2.60. The smallest absolute Gasteiger partial charge is 0.335 e. The monoisotopic (exact) mass is 594 g/mol. The van der Waals surface area contributed by atoms with Crippen molar-refractivity contribution < 1.29 is 72.0 Å². The van der Waals surface area contributed by atoms with Crippen molar-refractivity contribution in [3.05, 3.63) is 0 Å². The molecular formula is C26H42O15. The van der Waals surface area contributed by atoms with E-state index in [9.17, 15) is 24.6 Å². The van der Waals surface area contributed by atoms with Crippen molar-refractivity contribution in [2.75, 3.05) is 34.0 Å². The number of aliphatic hydroxyl groups excluding tert-OH is 1. The molecule has 0 spiro atoms. The minimum atomic E-state index is -1.70. The van der Waals surface area contributed by atoms with Crippen LogP contribution in [0.3, 0.4) is 0 Å². The highest BCUT2D eigenvalue weighted by Crippen LogP contribution is 2.36. The molecule has 10 atom stereocenters. The Morgan fingerprint density at radius 2 is 1.32 bits per heavy atom. The summed E-state index contributed by atoms with van der Waals surface area (Å²) in [5, 5.41) is 20.1. The minimum absolute atomic E-state index is 0.0248. The van der Waals surface area contributed by atoms with E-state index in [0.29, 0.717) is 0 Å². The molecule has 0 aliphatic carbocycles. The van der Waals surface area contributed by atoms with Gasteiger partial charge >= 0.3 is 17.9 Å². The number of aliphatic hydroxyl groups is 1. The van der Waals surface area contributed by atoms with Crippen LogP contribution in [0.25, 0.3) is 0 Å². The van der Waals surface area contributed by atoms with Crippen molar-refractivity contribution in [2.24, 2.45) is 0 Å². The van der Waals surface area contributed by atoms with E-state index >= 15 is 0 Å². The number of carboxylic acids is 1. The molecule has 0 amide bonds. The van der Waals surface area contributed by atoms with E-state index in [1.165, 1.54) is 14.2 Å². The lowest BCUT2D eigenvalue weighted by Crippen LogP contribution is -2.64. The third-order valence-electron chi connectivity index (χ3n) is 6.24. The number of hydrogen-bond donors (Lipinski definition) is 2. The first-order valence-corrected chi connectivity index (χ1v) is 13.3. The Morgan fingerprint density at radius 1 is 0.780 bits per heavy atom. The molecule has 15 nitrogen and oxygen atoms in total. The average Bonchev–Trinajstić information content (AvgIpc) is 3.27. The molecule has 3 heterocycles. The van der Waals surface area contributed by atoms with Gasteiger partial charge in [-0.1, -0.05) is 0 Å². The van der Waals surface area contributed by atoms with Crippen LogP contribution < -0.4 is 0 Å². The summed E-state index contributed by atoms with van der Waals surface area (Å²) in [6.07, 6.45) is -11.8. The number of rotatable bonds is 11. The van der Waals surface area contributed by atoms with Crippen molar-refractivity contribution in [1.29, 1.82) is 0 Å². The summed E-state index contributed by atoms with van der Waals surface area (Å²) >= 11 is 0. The Bertz CT molecular complexity index is 912. The van der Waals surface area contributed by atoms with E-state index in [-0.39, 0.29) is 6.61 Å². The van der Waals surface area contributed by atoms with E-state index in [0.717, 1.165) is 0 Å². The molecule has 2 N–H and O–H groups in total. The SMILES string of the molecule is CO[C@H]1[C@H](O[C@H]2[C@H](OCC(=O)OC(C)(C)C)[C@@H](OCC(=O)OC(C)(C)C)[C@@H]3OC[C@H]2O3)O[C@H](C(=O)O)[C@@H](O)[C@@H]1OC. The summed E-state index contributed by atoms with van der Waals surface area (Å²) in [6.45, 7) is 9.27. The molecule has 0 aromatic rings. The molecule has 41 heavy (non-hydrogen) atoms. The zero-order valence-electron chi connectivity index (χ0n) is 24.6. The van der Waals surface area contributed by atoms with Gasteiger partial charge in [-0.15, -0.1) is 0 Å². The first kappa shape index (κ1) is 33.6. The minimum Gasteiger partial charge on any atom is -0.479 e. The van der Waals surface area contributed by atoms with Gasteiger partial charge in [0.1, 0.15) is 67.1 Å². The van der Waals surface area contributed by atoms with Crippen LogP contribution in [0.5, 0.6) is 0 Å². The highest BCUT2D eigenvalue weighted by atomic mass is 16.8. The fraction of sp³-hybridized carbons (Fsp3) is 0.885. The van der Waals surface area contributed by atoms with Gasteiger partial charge in [-0.2, -0.15) is 0 Å². The van der Waals surface area contributed by atoms with E-state index < -0.39 is 104 Å². The third kappa shape index (κ3) is 8.78. The van der Waals surface area contributed by atoms with Gasteiger partial charge in [-0.3, -0.25) is 0 Å². The van der Waals surface area contributed by atoms with Gasteiger partial charge in [-0.25, -0.2) is 14.4 Å². The maximum absolute atomic E-state index is 12.5. The molecule has 3 aliphatic heterocycles. The number of carbonyl (C=O) groups excluding carboxylic acids is 2. The largest absolute Gasteiger partial charge is 0.479 e. The van der Waals surface area contributed by atoms with Crippen molar-refractivity contribution in [2.45, 2.75) is 114 Å². The van der Waals surface area contributed by atoms with Gasteiger partial charge in [-0.05, 0) is 41.5 Å². The predicted molar refractivity (Wildman–Crippen MR) is 135 cm³/mol. The molecule has 0 unspecified atom stereocenters. The number of aliphatic carboxylic acids is 1. The van der Waals surface area contributed by atoms with Crippen LogP contribution in [0.4, 0.5) is 0 Å². The Hall–Kier alpha value is -1.95. The maximum atomic E-state index is 12.5. The Labute approximate surface area is 238 Å². The Balaban J connectivity index is 1.87. The summed E-state index contributed by atoms with van der Waals surface area (Å²) in [6, 6.07) is 0. The zero-order valence-corrected chi connectivity index (χ0v) is 24.6. The second kappa shape index (κ2) is 13.6.